The lowest BCUT2D eigenvalue weighted by atomic mass is 9.91. The molecule has 0 spiro atoms. The summed E-state index contributed by atoms with van der Waals surface area (Å²) in [7, 11) is 0. The highest BCUT2D eigenvalue weighted by molar-refractivity contribution is 5.94. The van der Waals surface area contributed by atoms with Gasteiger partial charge in [0.2, 0.25) is 11.8 Å². The normalized spacial score (nSPS) is 19.4. The van der Waals surface area contributed by atoms with Gasteiger partial charge in [-0.25, -0.2) is 0 Å². The molecule has 2 aliphatic rings. The molecule has 146 valence electrons. The van der Waals surface area contributed by atoms with Crippen LogP contribution in [0.1, 0.15) is 44.1 Å². The second-order valence-electron chi connectivity index (χ2n) is 7.02. The smallest absolute Gasteiger partial charge is 0.225 e. The number of aliphatic imine (C=N–C) groups is 1. The number of rotatable bonds is 6. The van der Waals surface area contributed by atoms with E-state index in [4.69, 9.17) is 0 Å². The highest BCUT2D eigenvalue weighted by Crippen LogP contribution is 2.31. The molecule has 0 aliphatic carbocycles. The van der Waals surface area contributed by atoms with Gasteiger partial charge in [-0.05, 0) is 31.4 Å². The Balaban J connectivity index is 1.55. The Hall–Kier alpha value is -2.57. The number of carbonyl (C=O) groups excluding carboxylic acids is 2. The zero-order valence-electron chi connectivity index (χ0n) is 16.0. The monoisotopic (exact) mass is 371 g/mol. The molecule has 1 unspecified atom stereocenters. The van der Waals surface area contributed by atoms with Crippen molar-refractivity contribution in [2.75, 3.05) is 38.0 Å². The number of nitrogens with zero attached hydrogens (tertiary/aromatic N) is 2. The predicted molar refractivity (Wildman–Crippen MR) is 107 cm³/mol. The van der Waals surface area contributed by atoms with Gasteiger partial charge in [0.15, 0.2) is 5.96 Å². The van der Waals surface area contributed by atoms with Crippen LogP contribution in [0.5, 0.6) is 0 Å². The van der Waals surface area contributed by atoms with Crippen molar-refractivity contribution in [2.45, 2.75) is 38.5 Å². The molecular weight excluding hydrogens is 342 g/mol. The number of para-hydroxylation sites is 1. The van der Waals surface area contributed by atoms with Crippen molar-refractivity contribution in [1.82, 2.24) is 15.5 Å². The fraction of sp³-hybridized carbons (Fsp3) is 0.550. The number of carbonyl (C=O) groups is 2. The van der Waals surface area contributed by atoms with Crippen LogP contribution in [0.2, 0.25) is 0 Å². The number of benzene rings is 1. The van der Waals surface area contributed by atoms with E-state index in [1.165, 1.54) is 0 Å². The summed E-state index contributed by atoms with van der Waals surface area (Å²) in [6.07, 6.45) is 3.13. The molecule has 0 radical (unpaired) electrons. The first kappa shape index (κ1) is 19.2. The van der Waals surface area contributed by atoms with Gasteiger partial charge in [0.1, 0.15) is 0 Å². The third-order valence-corrected chi connectivity index (χ3v) is 5.01. The van der Waals surface area contributed by atoms with Gasteiger partial charge in [0, 0.05) is 50.6 Å². The lowest BCUT2D eigenvalue weighted by molar-refractivity contribution is -0.130. The van der Waals surface area contributed by atoms with Gasteiger partial charge in [-0.2, -0.15) is 0 Å². The second-order valence-corrected chi connectivity index (χ2v) is 7.02. The van der Waals surface area contributed by atoms with E-state index >= 15 is 0 Å². The Morgan fingerprint density at radius 2 is 2.04 bits per heavy atom. The standard InChI is InChI=1S/C20H29N5O2/c1-2-21-20(22-10-9-19(27)25-11-5-6-12-25)23-14-15-13-18(26)24-17-8-4-3-7-16(15)17/h3-4,7-8,15H,2,5-6,9-14H2,1H3,(H,24,26)(H2,21,22,23). The van der Waals surface area contributed by atoms with Gasteiger partial charge >= 0.3 is 0 Å². The van der Waals surface area contributed by atoms with Gasteiger partial charge in [-0.1, -0.05) is 18.2 Å². The lowest BCUT2D eigenvalue weighted by Crippen LogP contribution is -2.40. The Morgan fingerprint density at radius 1 is 1.26 bits per heavy atom. The van der Waals surface area contributed by atoms with Crippen molar-refractivity contribution in [3.8, 4) is 0 Å². The van der Waals surface area contributed by atoms with E-state index in [-0.39, 0.29) is 17.7 Å². The average Bonchev–Trinajstić information content (AvgIpc) is 3.20. The van der Waals surface area contributed by atoms with Crippen molar-refractivity contribution >= 4 is 23.5 Å². The molecule has 2 aliphatic heterocycles. The maximum Gasteiger partial charge on any atom is 0.225 e. The number of hydrogen-bond acceptors (Lipinski definition) is 3. The minimum absolute atomic E-state index is 0.0306. The first-order chi connectivity index (χ1) is 13.2. The fourth-order valence-electron chi connectivity index (χ4n) is 3.62. The number of fused-ring (bicyclic) bond motifs is 1. The molecule has 1 saturated heterocycles. The Kier molecular flexibility index (Phi) is 6.68. The summed E-state index contributed by atoms with van der Waals surface area (Å²) >= 11 is 0. The van der Waals surface area contributed by atoms with E-state index in [1.54, 1.807) is 0 Å². The van der Waals surface area contributed by atoms with E-state index in [2.05, 4.69) is 20.9 Å². The van der Waals surface area contributed by atoms with Crippen LogP contribution in [0.15, 0.2) is 29.3 Å². The SMILES string of the molecule is CCNC(=NCC1CC(=O)Nc2ccccc21)NCCC(=O)N1CCCC1. The van der Waals surface area contributed by atoms with Crippen molar-refractivity contribution in [3.05, 3.63) is 29.8 Å². The van der Waals surface area contributed by atoms with Crippen LogP contribution in [0.25, 0.3) is 0 Å². The number of amides is 2. The van der Waals surface area contributed by atoms with Crippen molar-refractivity contribution in [2.24, 2.45) is 4.99 Å². The molecule has 27 heavy (non-hydrogen) atoms. The summed E-state index contributed by atoms with van der Waals surface area (Å²) in [5.41, 5.74) is 2.00. The highest BCUT2D eigenvalue weighted by Gasteiger charge is 2.24. The first-order valence-electron chi connectivity index (χ1n) is 9.86. The Bertz CT molecular complexity index is 697. The molecule has 7 heteroatoms. The van der Waals surface area contributed by atoms with Crippen molar-refractivity contribution in [3.63, 3.8) is 0 Å². The Labute approximate surface area is 160 Å². The van der Waals surface area contributed by atoms with E-state index < -0.39 is 0 Å². The third kappa shape index (κ3) is 5.21. The van der Waals surface area contributed by atoms with E-state index in [9.17, 15) is 9.59 Å². The number of hydrogen-bond donors (Lipinski definition) is 3. The van der Waals surface area contributed by atoms with Crippen LogP contribution in [0.4, 0.5) is 5.69 Å². The highest BCUT2D eigenvalue weighted by atomic mass is 16.2. The Morgan fingerprint density at radius 3 is 2.81 bits per heavy atom. The number of guanidine groups is 1. The summed E-state index contributed by atoms with van der Waals surface area (Å²) < 4.78 is 0. The fourth-order valence-corrected chi connectivity index (χ4v) is 3.62. The van der Waals surface area contributed by atoms with Crippen LogP contribution >= 0.6 is 0 Å². The van der Waals surface area contributed by atoms with E-state index in [0.717, 1.165) is 43.7 Å². The zero-order valence-corrected chi connectivity index (χ0v) is 16.0. The molecule has 7 nitrogen and oxygen atoms in total. The maximum absolute atomic E-state index is 12.1. The van der Waals surface area contributed by atoms with Crippen LogP contribution in [-0.2, 0) is 9.59 Å². The van der Waals surface area contributed by atoms with Gasteiger partial charge in [0.05, 0.1) is 6.54 Å². The quantitative estimate of drug-likeness (QED) is 0.525. The minimum Gasteiger partial charge on any atom is -0.357 e. The van der Waals surface area contributed by atoms with Gasteiger partial charge in [0.25, 0.3) is 0 Å². The molecule has 1 aromatic rings. The number of nitrogens with one attached hydrogen (secondary N) is 3. The third-order valence-electron chi connectivity index (χ3n) is 5.01. The van der Waals surface area contributed by atoms with Gasteiger partial charge in [-0.3, -0.25) is 14.6 Å². The molecule has 2 amide bonds. The molecule has 1 fully saturated rings. The average molecular weight is 371 g/mol. The van der Waals surface area contributed by atoms with E-state index in [0.29, 0.717) is 31.9 Å². The molecule has 0 saturated carbocycles. The van der Waals surface area contributed by atoms with Crippen LogP contribution in [-0.4, -0.2) is 55.4 Å². The molecule has 0 aromatic heterocycles. The second kappa shape index (κ2) is 9.39. The van der Waals surface area contributed by atoms with Crippen LogP contribution in [0.3, 0.4) is 0 Å². The molecule has 1 aromatic carbocycles. The summed E-state index contributed by atoms with van der Waals surface area (Å²) in [6.45, 7) is 5.61. The topological polar surface area (TPSA) is 85.8 Å². The minimum atomic E-state index is 0.0306. The zero-order chi connectivity index (χ0) is 19.1. The van der Waals surface area contributed by atoms with Crippen LogP contribution in [0, 0.1) is 0 Å². The number of anilines is 1. The molecule has 2 heterocycles. The molecule has 1 atom stereocenters. The molecule has 0 bridgehead atoms. The van der Waals surface area contributed by atoms with E-state index in [1.807, 2.05) is 36.1 Å². The maximum atomic E-state index is 12.1. The lowest BCUT2D eigenvalue weighted by Gasteiger charge is -2.24. The molecule has 3 rings (SSSR count). The summed E-state index contributed by atoms with van der Waals surface area (Å²) in [5, 5.41) is 9.37. The largest absolute Gasteiger partial charge is 0.357 e. The summed E-state index contributed by atoms with van der Waals surface area (Å²) in [4.78, 5) is 30.7. The molecule has 3 N–H and O–H groups in total. The first-order valence-corrected chi connectivity index (χ1v) is 9.86. The number of likely N-dealkylation sites (tertiary alicyclic amines) is 1. The predicted octanol–water partition coefficient (Wildman–Crippen LogP) is 1.68. The van der Waals surface area contributed by atoms with Gasteiger partial charge < -0.3 is 20.9 Å². The van der Waals surface area contributed by atoms with Crippen molar-refractivity contribution < 1.29 is 9.59 Å². The molecular formula is C20H29N5O2. The van der Waals surface area contributed by atoms with Crippen LogP contribution < -0.4 is 16.0 Å². The summed E-state index contributed by atoms with van der Waals surface area (Å²) in [5.74, 6) is 0.989. The van der Waals surface area contributed by atoms with Crippen molar-refractivity contribution in [1.29, 1.82) is 0 Å². The summed E-state index contributed by atoms with van der Waals surface area (Å²) in [6, 6.07) is 7.88. The van der Waals surface area contributed by atoms with Gasteiger partial charge in [-0.15, -0.1) is 0 Å².